The average molecular weight is 408 g/mol. The molecular weight excluding hydrogens is 382 g/mol. The lowest BCUT2D eigenvalue weighted by molar-refractivity contribution is 0.101. The summed E-state index contributed by atoms with van der Waals surface area (Å²) in [6.45, 7) is 4.90. The Hall–Kier alpha value is -2.34. The van der Waals surface area contributed by atoms with Gasteiger partial charge in [0.05, 0.1) is 20.3 Å². The Bertz CT molecular complexity index is 1010. The topological polar surface area (TPSA) is 30.9 Å². The number of fused-ring (bicyclic) bond motifs is 5. The van der Waals surface area contributed by atoms with Gasteiger partial charge in [0.1, 0.15) is 17.2 Å². The third-order valence-electron chi connectivity index (χ3n) is 5.61. The molecule has 150 valence electrons. The number of benzene rings is 2. The summed E-state index contributed by atoms with van der Waals surface area (Å²) in [6, 6.07) is 16.5. The first kappa shape index (κ1) is 18.7. The van der Waals surface area contributed by atoms with Crippen molar-refractivity contribution in [3.63, 3.8) is 0 Å². The summed E-state index contributed by atoms with van der Waals surface area (Å²) in [6.07, 6.45) is 2.65. The molecule has 1 fully saturated rings. The molecule has 4 nitrogen and oxygen atoms in total. The third kappa shape index (κ3) is 3.78. The Kier molecular flexibility index (Phi) is 5.27. The largest absolute Gasteiger partial charge is 0.497 e. The van der Waals surface area contributed by atoms with Gasteiger partial charge in [-0.05, 0) is 50.2 Å². The van der Waals surface area contributed by atoms with E-state index in [2.05, 4.69) is 29.2 Å². The maximum Gasteiger partial charge on any atom is 0.139 e. The van der Waals surface area contributed by atoms with Crippen molar-refractivity contribution in [1.29, 1.82) is 0 Å². The molecule has 2 aromatic carbocycles. The summed E-state index contributed by atoms with van der Waals surface area (Å²) in [7, 11) is 1.68. The highest BCUT2D eigenvalue weighted by atomic mass is 32.1. The number of likely N-dealkylation sites (tertiary alicyclic amines) is 1. The van der Waals surface area contributed by atoms with Crippen molar-refractivity contribution in [2.45, 2.75) is 19.4 Å². The molecule has 0 amide bonds. The highest BCUT2D eigenvalue weighted by molar-refractivity contribution is 7.16. The average Bonchev–Trinajstić information content (AvgIpc) is 3.39. The summed E-state index contributed by atoms with van der Waals surface area (Å²) in [5, 5.41) is 0. The first-order valence-electron chi connectivity index (χ1n) is 10.2. The fraction of sp³-hybridized carbons (Fsp3) is 0.333. The fourth-order valence-corrected chi connectivity index (χ4v) is 5.22. The number of methoxy groups -OCH3 is 1. The van der Waals surface area contributed by atoms with E-state index in [0.29, 0.717) is 6.61 Å². The molecule has 0 saturated carbocycles. The molecule has 0 aliphatic carbocycles. The van der Waals surface area contributed by atoms with Crippen LogP contribution in [0.5, 0.6) is 17.2 Å². The second-order valence-corrected chi connectivity index (χ2v) is 8.65. The molecular formula is C24H25NO3S. The molecule has 0 spiro atoms. The maximum atomic E-state index is 6.27. The lowest BCUT2D eigenvalue weighted by Crippen LogP contribution is -2.23. The van der Waals surface area contributed by atoms with Crippen molar-refractivity contribution in [2.75, 3.05) is 33.4 Å². The van der Waals surface area contributed by atoms with Gasteiger partial charge in [0.25, 0.3) is 0 Å². The first-order valence-corrected chi connectivity index (χ1v) is 11.0. The van der Waals surface area contributed by atoms with Gasteiger partial charge >= 0.3 is 0 Å². The predicted molar refractivity (Wildman–Crippen MR) is 117 cm³/mol. The summed E-state index contributed by atoms with van der Waals surface area (Å²) in [5.74, 6) is 2.51. The van der Waals surface area contributed by atoms with E-state index in [1.807, 2.05) is 24.3 Å². The number of ether oxygens (including phenoxy) is 3. The summed E-state index contributed by atoms with van der Waals surface area (Å²) in [4.78, 5) is 4.96. The van der Waals surface area contributed by atoms with E-state index in [0.717, 1.165) is 41.5 Å². The Balaban J connectivity index is 1.43. The standard InChI is InChI=1S/C24H25NO3S/c1-26-17-8-9-20-23(14-17)28-22-7-3-2-6-19(22)21-15-18(29-24(20)21)16-27-13-12-25-10-4-5-11-25/h2-3,6-9,14-15H,4-5,10-13,16H2,1H3. The monoisotopic (exact) mass is 407 g/mol. The van der Waals surface area contributed by atoms with Gasteiger partial charge in [0, 0.05) is 39.1 Å². The van der Waals surface area contributed by atoms with Gasteiger partial charge in [0.15, 0.2) is 0 Å². The van der Waals surface area contributed by atoms with Crippen LogP contribution < -0.4 is 9.47 Å². The molecule has 1 aromatic heterocycles. The minimum absolute atomic E-state index is 0.653. The van der Waals surface area contributed by atoms with E-state index in [4.69, 9.17) is 14.2 Å². The van der Waals surface area contributed by atoms with Gasteiger partial charge in [-0.2, -0.15) is 0 Å². The number of nitrogens with zero attached hydrogens (tertiary/aromatic N) is 1. The van der Waals surface area contributed by atoms with Gasteiger partial charge in [-0.3, -0.25) is 0 Å². The lowest BCUT2D eigenvalue weighted by Gasteiger charge is -2.13. The number of para-hydroxylation sites is 1. The van der Waals surface area contributed by atoms with Crippen LogP contribution in [0.1, 0.15) is 17.7 Å². The molecule has 0 unspecified atom stereocenters. The van der Waals surface area contributed by atoms with Crippen LogP contribution in [0.25, 0.3) is 21.6 Å². The SMILES string of the molecule is COc1ccc2c(c1)Oc1ccccc1-c1cc(COCCN3CCCC3)sc1-2. The fourth-order valence-electron chi connectivity index (χ4n) is 4.08. The van der Waals surface area contributed by atoms with Crippen molar-refractivity contribution >= 4 is 11.3 Å². The van der Waals surface area contributed by atoms with Gasteiger partial charge in [-0.1, -0.05) is 18.2 Å². The Morgan fingerprint density at radius 1 is 0.966 bits per heavy atom. The van der Waals surface area contributed by atoms with E-state index in [9.17, 15) is 0 Å². The molecule has 0 radical (unpaired) electrons. The predicted octanol–water partition coefficient (Wildman–Crippen LogP) is 5.81. The Morgan fingerprint density at radius 2 is 1.83 bits per heavy atom. The van der Waals surface area contributed by atoms with E-state index in [-0.39, 0.29) is 0 Å². The quantitative estimate of drug-likeness (QED) is 0.378. The summed E-state index contributed by atoms with van der Waals surface area (Å²) < 4.78 is 17.7. The molecule has 0 bridgehead atoms. The van der Waals surface area contributed by atoms with Crippen molar-refractivity contribution in [2.24, 2.45) is 0 Å². The minimum atomic E-state index is 0.653. The van der Waals surface area contributed by atoms with E-state index in [1.165, 1.54) is 41.2 Å². The van der Waals surface area contributed by atoms with Gasteiger partial charge < -0.3 is 19.1 Å². The van der Waals surface area contributed by atoms with Crippen LogP contribution in [-0.2, 0) is 11.3 Å². The minimum Gasteiger partial charge on any atom is -0.497 e. The van der Waals surface area contributed by atoms with Crippen molar-refractivity contribution in [1.82, 2.24) is 4.90 Å². The summed E-state index contributed by atoms with van der Waals surface area (Å²) >= 11 is 1.79. The van der Waals surface area contributed by atoms with E-state index in [1.54, 1.807) is 18.4 Å². The number of rotatable bonds is 6. The number of thiophene rings is 1. The van der Waals surface area contributed by atoms with Gasteiger partial charge in [-0.15, -0.1) is 11.3 Å². The molecule has 2 aliphatic rings. The second kappa shape index (κ2) is 8.19. The lowest BCUT2D eigenvalue weighted by atomic mass is 10.0. The summed E-state index contributed by atoms with van der Waals surface area (Å²) in [5.41, 5.74) is 3.44. The maximum absolute atomic E-state index is 6.27. The molecule has 3 heterocycles. The molecule has 3 aromatic rings. The van der Waals surface area contributed by atoms with Crippen molar-refractivity contribution in [3.05, 3.63) is 53.4 Å². The van der Waals surface area contributed by atoms with Crippen LogP contribution in [0.2, 0.25) is 0 Å². The van der Waals surface area contributed by atoms with Crippen LogP contribution in [0.15, 0.2) is 48.5 Å². The van der Waals surface area contributed by atoms with Gasteiger partial charge in [0.2, 0.25) is 0 Å². The molecule has 5 rings (SSSR count). The van der Waals surface area contributed by atoms with Crippen molar-refractivity contribution < 1.29 is 14.2 Å². The highest BCUT2D eigenvalue weighted by Gasteiger charge is 2.23. The smallest absolute Gasteiger partial charge is 0.139 e. The molecule has 29 heavy (non-hydrogen) atoms. The third-order valence-corrected chi connectivity index (χ3v) is 6.75. The highest BCUT2D eigenvalue weighted by Crippen LogP contribution is 2.50. The van der Waals surface area contributed by atoms with Gasteiger partial charge in [-0.25, -0.2) is 0 Å². The van der Waals surface area contributed by atoms with Crippen LogP contribution in [0, 0.1) is 0 Å². The van der Waals surface area contributed by atoms with Crippen molar-refractivity contribution in [3.8, 4) is 38.8 Å². The zero-order valence-corrected chi connectivity index (χ0v) is 17.5. The Labute approximate surface area is 175 Å². The van der Waals surface area contributed by atoms with E-state index >= 15 is 0 Å². The van der Waals surface area contributed by atoms with Crippen LogP contribution >= 0.6 is 11.3 Å². The zero-order valence-electron chi connectivity index (χ0n) is 16.6. The molecule has 0 atom stereocenters. The number of hydrogen-bond acceptors (Lipinski definition) is 5. The normalized spacial score (nSPS) is 15.2. The molecule has 0 N–H and O–H groups in total. The number of hydrogen-bond donors (Lipinski definition) is 0. The Morgan fingerprint density at radius 3 is 2.69 bits per heavy atom. The van der Waals surface area contributed by atoms with Crippen LogP contribution in [-0.4, -0.2) is 38.3 Å². The van der Waals surface area contributed by atoms with E-state index < -0.39 is 0 Å². The first-order chi connectivity index (χ1) is 14.3. The molecule has 1 saturated heterocycles. The molecule has 2 aliphatic heterocycles. The van der Waals surface area contributed by atoms with Crippen LogP contribution in [0.3, 0.4) is 0 Å². The molecule has 5 heteroatoms. The van der Waals surface area contributed by atoms with Crippen LogP contribution in [0.4, 0.5) is 0 Å². The zero-order chi connectivity index (χ0) is 19.6. The second-order valence-electron chi connectivity index (χ2n) is 7.52.